The number of piperidine rings is 1. The number of urea groups is 1. The van der Waals surface area contributed by atoms with Gasteiger partial charge in [-0.1, -0.05) is 12.1 Å². The summed E-state index contributed by atoms with van der Waals surface area (Å²) in [5.41, 5.74) is 1.07. The third-order valence-electron chi connectivity index (χ3n) is 5.03. The molecule has 3 rings (SSSR count). The number of hydrogen-bond acceptors (Lipinski definition) is 5. The van der Waals surface area contributed by atoms with E-state index in [2.05, 4.69) is 15.5 Å². The Morgan fingerprint density at radius 2 is 1.81 bits per heavy atom. The zero-order valence-electron chi connectivity index (χ0n) is 15.6. The predicted octanol–water partition coefficient (Wildman–Crippen LogP) is 1.11. The van der Waals surface area contributed by atoms with Crippen LogP contribution in [0.25, 0.3) is 0 Å². The molecule has 1 aromatic rings. The van der Waals surface area contributed by atoms with E-state index in [1.165, 1.54) is 4.90 Å². The number of carbonyl (C=O) groups excluding carboxylic acids is 3. The first-order chi connectivity index (χ1) is 13.1. The van der Waals surface area contributed by atoms with Crippen LogP contribution in [-0.2, 0) is 9.59 Å². The van der Waals surface area contributed by atoms with E-state index in [1.807, 2.05) is 24.3 Å². The highest BCUT2D eigenvalue weighted by molar-refractivity contribution is 6.01. The van der Waals surface area contributed by atoms with E-state index in [1.54, 1.807) is 7.11 Å². The molecule has 2 aliphatic heterocycles. The number of imide groups is 1. The lowest BCUT2D eigenvalue weighted by atomic mass is 10.0. The number of anilines is 1. The number of carbonyl (C=O) groups is 3. The molecule has 0 aliphatic carbocycles. The van der Waals surface area contributed by atoms with Crippen molar-refractivity contribution in [3.8, 4) is 5.75 Å². The first-order valence-corrected chi connectivity index (χ1v) is 9.34. The second kappa shape index (κ2) is 8.75. The molecule has 0 aromatic heterocycles. The van der Waals surface area contributed by atoms with Gasteiger partial charge < -0.3 is 20.3 Å². The van der Waals surface area contributed by atoms with Gasteiger partial charge in [-0.3, -0.25) is 14.5 Å². The minimum atomic E-state index is -0.259. The summed E-state index contributed by atoms with van der Waals surface area (Å²) in [6.45, 7) is 2.17. The maximum Gasteiger partial charge on any atom is 0.315 e. The molecule has 0 radical (unpaired) electrons. The number of methoxy groups -OCH3 is 1. The molecular formula is C19H26N4O4. The molecule has 8 heteroatoms. The van der Waals surface area contributed by atoms with Crippen molar-refractivity contribution in [2.24, 2.45) is 0 Å². The fourth-order valence-electron chi connectivity index (χ4n) is 3.55. The maximum absolute atomic E-state index is 12.1. The minimum absolute atomic E-state index is 0.103. The van der Waals surface area contributed by atoms with Crippen LogP contribution in [-0.4, -0.2) is 62.1 Å². The summed E-state index contributed by atoms with van der Waals surface area (Å²) < 4.78 is 5.42. The maximum atomic E-state index is 12.1. The number of para-hydroxylation sites is 2. The highest BCUT2D eigenvalue weighted by Crippen LogP contribution is 2.29. The first kappa shape index (κ1) is 19.0. The fourth-order valence-corrected chi connectivity index (χ4v) is 3.55. The molecule has 2 heterocycles. The number of likely N-dealkylation sites (tertiary alicyclic amines) is 1. The Balaban J connectivity index is 1.39. The van der Waals surface area contributed by atoms with Crippen LogP contribution in [0, 0.1) is 0 Å². The van der Waals surface area contributed by atoms with E-state index in [0.717, 1.165) is 37.4 Å². The van der Waals surface area contributed by atoms with E-state index >= 15 is 0 Å². The smallest absolute Gasteiger partial charge is 0.315 e. The summed E-state index contributed by atoms with van der Waals surface area (Å²) in [5.74, 6) is 0.532. The number of amides is 4. The Morgan fingerprint density at radius 1 is 1.15 bits per heavy atom. The van der Waals surface area contributed by atoms with Gasteiger partial charge in [0.1, 0.15) is 5.75 Å². The summed E-state index contributed by atoms with van der Waals surface area (Å²) in [5, 5.41) is 5.70. The standard InChI is InChI=1S/C19H26N4O4/c1-27-16-5-3-2-4-15(16)22-11-8-14(9-12-22)21-19(26)20-10-13-23-17(24)6-7-18(23)25/h2-5,14H,6-13H2,1H3,(H2,20,21,26). The van der Waals surface area contributed by atoms with Gasteiger partial charge in [0.2, 0.25) is 11.8 Å². The van der Waals surface area contributed by atoms with Gasteiger partial charge in [-0.15, -0.1) is 0 Å². The SMILES string of the molecule is COc1ccccc1N1CCC(NC(=O)NCCN2C(=O)CCC2=O)CC1. The summed E-state index contributed by atoms with van der Waals surface area (Å²) in [7, 11) is 1.67. The summed E-state index contributed by atoms with van der Waals surface area (Å²) >= 11 is 0. The largest absolute Gasteiger partial charge is 0.495 e. The zero-order chi connectivity index (χ0) is 19.2. The molecule has 4 amide bonds. The van der Waals surface area contributed by atoms with Gasteiger partial charge in [-0.05, 0) is 25.0 Å². The Labute approximate surface area is 158 Å². The predicted molar refractivity (Wildman–Crippen MR) is 101 cm³/mol. The van der Waals surface area contributed by atoms with Gasteiger partial charge in [-0.25, -0.2) is 4.79 Å². The van der Waals surface area contributed by atoms with Crippen molar-refractivity contribution >= 4 is 23.5 Å². The first-order valence-electron chi connectivity index (χ1n) is 9.34. The summed E-state index contributed by atoms with van der Waals surface area (Å²) in [4.78, 5) is 38.6. The number of benzene rings is 1. The molecule has 0 saturated carbocycles. The number of ether oxygens (including phenoxy) is 1. The number of hydrogen-bond donors (Lipinski definition) is 2. The van der Waals surface area contributed by atoms with Gasteiger partial charge in [0, 0.05) is 45.1 Å². The van der Waals surface area contributed by atoms with Crippen molar-refractivity contribution in [3.63, 3.8) is 0 Å². The van der Waals surface area contributed by atoms with Crippen molar-refractivity contribution in [1.82, 2.24) is 15.5 Å². The van der Waals surface area contributed by atoms with Gasteiger partial charge >= 0.3 is 6.03 Å². The average molecular weight is 374 g/mol. The van der Waals surface area contributed by atoms with E-state index in [9.17, 15) is 14.4 Å². The van der Waals surface area contributed by atoms with Crippen LogP contribution in [0.4, 0.5) is 10.5 Å². The zero-order valence-corrected chi connectivity index (χ0v) is 15.6. The van der Waals surface area contributed by atoms with E-state index in [4.69, 9.17) is 4.74 Å². The second-order valence-electron chi connectivity index (χ2n) is 6.77. The average Bonchev–Trinajstić information content (AvgIpc) is 3.00. The van der Waals surface area contributed by atoms with Crippen molar-refractivity contribution < 1.29 is 19.1 Å². The van der Waals surface area contributed by atoms with Crippen LogP contribution in [0.1, 0.15) is 25.7 Å². The molecular weight excluding hydrogens is 348 g/mol. The highest BCUT2D eigenvalue weighted by atomic mass is 16.5. The van der Waals surface area contributed by atoms with E-state index in [0.29, 0.717) is 0 Å². The lowest BCUT2D eigenvalue weighted by molar-refractivity contribution is -0.138. The molecule has 0 atom stereocenters. The quantitative estimate of drug-likeness (QED) is 0.728. The number of rotatable bonds is 6. The van der Waals surface area contributed by atoms with Gasteiger partial charge in [-0.2, -0.15) is 0 Å². The molecule has 2 saturated heterocycles. The molecule has 146 valence electrons. The number of nitrogens with zero attached hydrogens (tertiary/aromatic N) is 2. The Hall–Kier alpha value is -2.77. The van der Waals surface area contributed by atoms with Crippen LogP contribution < -0.4 is 20.3 Å². The second-order valence-corrected chi connectivity index (χ2v) is 6.77. The van der Waals surface area contributed by atoms with E-state index in [-0.39, 0.29) is 49.8 Å². The Morgan fingerprint density at radius 3 is 2.48 bits per heavy atom. The molecule has 2 aliphatic rings. The summed E-state index contributed by atoms with van der Waals surface area (Å²) in [6.07, 6.45) is 2.23. The van der Waals surface area contributed by atoms with Crippen LogP contribution in [0.15, 0.2) is 24.3 Å². The molecule has 0 bridgehead atoms. The molecule has 27 heavy (non-hydrogen) atoms. The van der Waals surface area contributed by atoms with Crippen LogP contribution in [0.2, 0.25) is 0 Å². The van der Waals surface area contributed by atoms with Crippen LogP contribution >= 0.6 is 0 Å². The van der Waals surface area contributed by atoms with E-state index < -0.39 is 0 Å². The highest BCUT2D eigenvalue weighted by Gasteiger charge is 2.28. The molecule has 2 N–H and O–H groups in total. The molecule has 8 nitrogen and oxygen atoms in total. The number of nitrogens with one attached hydrogen (secondary N) is 2. The topological polar surface area (TPSA) is 91.0 Å². The third-order valence-corrected chi connectivity index (χ3v) is 5.03. The molecule has 2 fully saturated rings. The normalized spacial score (nSPS) is 18.0. The van der Waals surface area contributed by atoms with Gasteiger partial charge in [0.05, 0.1) is 12.8 Å². The van der Waals surface area contributed by atoms with Crippen molar-refractivity contribution in [3.05, 3.63) is 24.3 Å². The Kier molecular flexibility index (Phi) is 6.16. The Bertz CT molecular complexity index is 685. The third kappa shape index (κ3) is 4.69. The fraction of sp³-hybridized carbons (Fsp3) is 0.526. The molecule has 0 spiro atoms. The van der Waals surface area contributed by atoms with Gasteiger partial charge in [0.25, 0.3) is 0 Å². The van der Waals surface area contributed by atoms with Crippen molar-refractivity contribution in [2.45, 2.75) is 31.7 Å². The monoisotopic (exact) mass is 374 g/mol. The van der Waals surface area contributed by atoms with Crippen LogP contribution in [0.5, 0.6) is 5.75 Å². The van der Waals surface area contributed by atoms with Crippen LogP contribution in [0.3, 0.4) is 0 Å². The molecule has 1 aromatic carbocycles. The van der Waals surface area contributed by atoms with Crippen molar-refractivity contribution in [1.29, 1.82) is 0 Å². The lowest BCUT2D eigenvalue weighted by Crippen LogP contribution is -2.49. The lowest BCUT2D eigenvalue weighted by Gasteiger charge is -2.34. The molecule has 0 unspecified atom stereocenters. The van der Waals surface area contributed by atoms with Gasteiger partial charge in [0.15, 0.2) is 0 Å². The minimum Gasteiger partial charge on any atom is -0.495 e. The summed E-state index contributed by atoms with van der Waals surface area (Å²) in [6, 6.07) is 7.77. The van der Waals surface area contributed by atoms with Crippen molar-refractivity contribution in [2.75, 3.05) is 38.2 Å².